The molecule has 7 N–H and O–H groups in total. The van der Waals surface area contributed by atoms with Gasteiger partial charge in [-0.15, -0.1) is 0 Å². The number of urea groups is 2. The quantitative estimate of drug-likeness (QED) is 0.191. The summed E-state index contributed by atoms with van der Waals surface area (Å²) in [5.74, 6) is -0.443. The van der Waals surface area contributed by atoms with E-state index in [4.69, 9.17) is 0 Å². The highest BCUT2D eigenvalue weighted by Gasteiger charge is 2.21. The molecule has 1 aromatic carbocycles. The van der Waals surface area contributed by atoms with Gasteiger partial charge in [-0.3, -0.25) is 25.0 Å². The van der Waals surface area contributed by atoms with Crippen molar-refractivity contribution in [2.75, 3.05) is 22.5 Å². The number of carbonyl (C=O) groups excluding carboxylic acids is 3. The first-order valence-corrected chi connectivity index (χ1v) is 12.2. The van der Waals surface area contributed by atoms with Crippen LogP contribution in [0.25, 0.3) is 0 Å². The summed E-state index contributed by atoms with van der Waals surface area (Å²) >= 11 is 0. The average molecular weight is 538 g/mol. The van der Waals surface area contributed by atoms with Crippen LogP contribution >= 0.6 is 0 Å². The van der Waals surface area contributed by atoms with Gasteiger partial charge in [-0.1, -0.05) is 12.1 Å². The van der Waals surface area contributed by atoms with Crippen molar-refractivity contribution < 1.29 is 14.4 Å². The SMILES string of the molecule is Cc1cccc(NC(=O)C(CCCCNC(=O)Nc2nc(=O)cc(C)[nH]2)NC(=O)Nc2nc(=O)cc(C)[nH]2)c1. The molecule has 0 aliphatic rings. The average Bonchev–Trinajstić information content (AvgIpc) is 2.81. The molecule has 1 atom stereocenters. The van der Waals surface area contributed by atoms with E-state index < -0.39 is 35.1 Å². The Morgan fingerprint density at radius 2 is 1.44 bits per heavy atom. The number of benzene rings is 1. The van der Waals surface area contributed by atoms with Gasteiger partial charge in [0.05, 0.1) is 0 Å². The van der Waals surface area contributed by atoms with Crippen LogP contribution in [0.15, 0.2) is 46.0 Å². The van der Waals surface area contributed by atoms with Crippen molar-refractivity contribution in [1.29, 1.82) is 0 Å². The molecular weight excluding hydrogens is 506 g/mol. The Bertz CT molecular complexity index is 1450. The van der Waals surface area contributed by atoms with Gasteiger partial charge in [0.1, 0.15) is 6.04 Å². The molecule has 0 saturated heterocycles. The van der Waals surface area contributed by atoms with Crippen molar-refractivity contribution >= 4 is 35.6 Å². The standard InChI is InChI=1S/C25H31N9O5/c1-14-7-6-8-17(11-14)29-21(37)18(30-25(39)34-23-28-16(3)13-20(36)32-23)9-4-5-10-26-24(38)33-22-27-15(2)12-19(35)31-22/h6-8,11-13,18H,4-5,9-10H2,1-3H3,(H,29,37)(H3,26,27,31,33,35,38)(H3,28,30,32,34,36,39). The molecule has 5 amide bonds. The lowest BCUT2D eigenvalue weighted by atomic mass is 10.1. The molecule has 0 bridgehead atoms. The topological polar surface area (TPSA) is 203 Å². The molecule has 0 spiro atoms. The van der Waals surface area contributed by atoms with Gasteiger partial charge in [0, 0.05) is 35.8 Å². The van der Waals surface area contributed by atoms with E-state index in [-0.39, 0.29) is 24.9 Å². The molecule has 0 radical (unpaired) electrons. The number of amides is 5. The second-order valence-electron chi connectivity index (χ2n) is 8.89. The minimum Gasteiger partial charge on any atom is -0.338 e. The van der Waals surface area contributed by atoms with Crippen molar-refractivity contribution in [3.8, 4) is 0 Å². The van der Waals surface area contributed by atoms with E-state index in [1.54, 1.807) is 32.0 Å². The first-order chi connectivity index (χ1) is 18.6. The maximum Gasteiger partial charge on any atom is 0.322 e. The highest BCUT2D eigenvalue weighted by atomic mass is 16.2. The molecule has 2 aromatic heterocycles. The first kappa shape index (κ1) is 28.6. The summed E-state index contributed by atoms with van der Waals surface area (Å²) in [5, 5.41) is 12.9. The van der Waals surface area contributed by atoms with E-state index >= 15 is 0 Å². The van der Waals surface area contributed by atoms with Crippen LogP contribution in [0.2, 0.25) is 0 Å². The van der Waals surface area contributed by atoms with Crippen molar-refractivity contribution in [3.05, 3.63) is 74.1 Å². The molecule has 14 heteroatoms. The van der Waals surface area contributed by atoms with E-state index in [2.05, 4.69) is 46.5 Å². The number of H-pyrrole nitrogens is 2. The number of rotatable bonds is 10. The summed E-state index contributed by atoms with van der Waals surface area (Å²) in [6.45, 7) is 5.48. The Hall–Kier alpha value is -5.01. The smallest absolute Gasteiger partial charge is 0.322 e. The fourth-order valence-corrected chi connectivity index (χ4v) is 3.63. The van der Waals surface area contributed by atoms with Crippen LogP contribution in [0, 0.1) is 20.8 Å². The van der Waals surface area contributed by atoms with Gasteiger partial charge >= 0.3 is 12.1 Å². The van der Waals surface area contributed by atoms with Crippen molar-refractivity contribution in [1.82, 2.24) is 30.6 Å². The Morgan fingerprint density at radius 3 is 2.03 bits per heavy atom. The van der Waals surface area contributed by atoms with E-state index in [0.29, 0.717) is 29.9 Å². The number of nitrogens with one attached hydrogen (secondary N) is 7. The Morgan fingerprint density at radius 1 is 0.821 bits per heavy atom. The highest BCUT2D eigenvalue weighted by Crippen LogP contribution is 2.12. The van der Waals surface area contributed by atoms with Crippen LogP contribution in [0.4, 0.5) is 27.2 Å². The Labute approximate surface area is 223 Å². The van der Waals surface area contributed by atoms with E-state index in [1.165, 1.54) is 12.1 Å². The molecular formula is C25H31N9O5. The number of aromatic amines is 2. The summed E-state index contributed by atoms with van der Waals surface area (Å²) in [6, 6.07) is 7.64. The van der Waals surface area contributed by atoms with E-state index in [1.807, 2.05) is 13.0 Å². The highest BCUT2D eigenvalue weighted by molar-refractivity contribution is 5.98. The predicted molar refractivity (Wildman–Crippen MR) is 146 cm³/mol. The monoisotopic (exact) mass is 537 g/mol. The lowest BCUT2D eigenvalue weighted by Crippen LogP contribution is -2.46. The van der Waals surface area contributed by atoms with Gasteiger partial charge in [-0.25, -0.2) is 9.59 Å². The first-order valence-electron chi connectivity index (χ1n) is 12.2. The van der Waals surface area contributed by atoms with Gasteiger partial charge in [0.15, 0.2) is 0 Å². The number of carbonyl (C=O) groups is 3. The van der Waals surface area contributed by atoms with E-state index in [0.717, 1.165) is 5.56 Å². The number of anilines is 3. The van der Waals surface area contributed by atoms with Crippen molar-refractivity contribution in [2.24, 2.45) is 0 Å². The molecule has 0 fully saturated rings. The molecule has 3 aromatic rings. The largest absolute Gasteiger partial charge is 0.338 e. The zero-order chi connectivity index (χ0) is 28.4. The molecule has 0 aliphatic heterocycles. The zero-order valence-electron chi connectivity index (χ0n) is 21.8. The van der Waals surface area contributed by atoms with Crippen LogP contribution < -0.4 is 37.7 Å². The summed E-state index contributed by atoms with van der Waals surface area (Å²) < 4.78 is 0. The molecule has 1 unspecified atom stereocenters. The summed E-state index contributed by atoms with van der Waals surface area (Å²) in [6.07, 6.45) is 1.24. The zero-order valence-corrected chi connectivity index (χ0v) is 21.8. The second-order valence-corrected chi connectivity index (χ2v) is 8.89. The van der Waals surface area contributed by atoms with Gasteiger partial charge in [-0.2, -0.15) is 9.97 Å². The Kier molecular flexibility index (Phi) is 9.89. The number of aromatic nitrogens is 4. The van der Waals surface area contributed by atoms with Gasteiger partial charge in [0.2, 0.25) is 17.8 Å². The third-order valence-corrected chi connectivity index (χ3v) is 5.33. The number of aryl methyl sites for hydroxylation is 3. The molecule has 3 rings (SSSR count). The van der Waals surface area contributed by atoms with Crippen LogP contribution in [0.3, 0.4) is 0 Å². The fraction of sp³-hybridized carbons (Fsp3) is 0.320. The van der Waals surface area contributed by atoms with Crippen LogP contribution in [0.1, 0.15) is 36.2 Å². The molecule has 0 aliphatic carbocycles. The van der Waals surface area contributed by atoms with Crippen molar-refractivity contribution in [3.63, 3.8) is 0 Å². The minimum atomic E-state index is -0.919. The lowest BCUT2D eigenvalue weighted by molar-refractivity contribution is -0.118. The van der Waals surface area contributed by atoms with Crippen LogP contribution in [-0.4, -0.2) is 50.5 Å². The number of hydrogen-bond donors (Lipinski definition) is 7. The number of unbranched alkanes of at least 4 members (excludes halogenated alkanes) is 1. The molecule has 206 valence electrons. The van der Waals surface area contributed by atoms with Gasteiger partial charge < -0.3 is 25.9 Å². The maximum atomic E-state index is 13.0. The Balaban J connectivity index is 1.55. The third-order valence-electron chi connectivity index (χ3n) is 5.33. The molecule has 14 nitrogen and oxygen atoms in total. The molecule has 0 saturated carbocycles. The third kappa shape index (κ3) is 9.76. The van der Waals surface area contributed by atoms with Gasteiger partial charge in [0.25, 0.3) is 11.1 Å². The molecule has 39 heavy (non-hydrogen) atoms. The van der Waals surface area contributed by atoms with Crippen LogP contribution in [-0.2, 0) is 4.79 Å². The summed E-state index contributed by atoms with van der Waals surface area (Å²) in [4.78, 5) is 73.7. The normalized spacial score (nSPS) is 11.3. The van der Waals surface area contributed by atoms with E-state index in [9.17, 15) is 24.0 Å². The number of hydrogen-bond acceptors (Lipinski definition) is 7. The molecule has 2 heterocycles. The second kappa shape index (κ2) is 13.5. The van der Waals surface area contributed by atoms with Crippen molar-refractivity contribution in [2.45, 2.75) is 46.1 Å². The van der Waals surface area contributed by atoms with Gasteiger partial charge in [-0.05, 0) is 57.7 Å². The van der Waals surface area contributed by atoms with Crippen LogP contribution in [0.5, 0.6) is 0 Å². The lowest BCUT2D eigenvalue weighted by Gasteiger charge is -2.19. The number of nitrogens with zero attached hydrogens (tertiary/aromatic N) is 2. The maximum absolute atomic E-state index is 13.0. The summed E-state index contributed by atoms with van der Waals surface area (Å²) in [7, 11) is 0. The minimum absolute atomic E-state index is 0.0324. The summed E-state index contributed by atoms with van der Waals surface area (Å²) in [5.41, 5.74) is 1.62. The fourth-order valence-electron chi connectivity index (χ4n) is 3.63. The predicted octanol–water partition coefficient (Wildman–Crippen LogP) is 1.90.